The number of benzene rings is 1. The average molecular weight is 395 g/mol. The van der Waals surface area contributed by atoms with Crippen LogP contribution in [0.5, 0.6) is 0 Å². The van der Waals surface area contributed by atoms with Gasteiger partial charge >= 0.3 is 11.9 Å². The van der Waals surface area contributed by atoms with Crippen LogP contribution >= 0.6 is 0 Å². The van der Waals surface area contributed by atoms with Crippen LogP contribution in [0.2, 0.25) is 0 Å². The highest BCUT2D eigenvalue weighted by Gasteiger charge is 2.44. The van der Waals surface area contributed by atoms with Crippen molar-refractivity contribution in [3.8, 4) is 11.3 Å². The zero-order valence-corrected chi connectivity index (χ0v) is 17.1. The maximum atomic E-state index is 12.8. The lowest BCUT2D eigenvalue weighted by atomic mass is 9.78. The van der Waals surface area contributed by atoms with Gasteiger partial charge in [-0.3, -0.25) is 9.79 Å². The van der Waals surface area contributed by atoms with E-state index in [1.807, 2.05) is 36.4 Å². The summed E-state index contributed by atoms with van der Waals surface area (Å²) in [4.78, 5) is 30.0. The van der Waals surface area contributed by atoms with E-state index in [9.17, 15) is 9.59 Å². The number of carbonyl (C=O) groups excluding carboxylic acids is 2. The van der Waals surface area contributed by atoms with Crippen molar-refractivity contribution in [2.24, 2.45) is 10.9 Å². The molecule has 0 amide bonds. The molecule has 1 aromatic carbocycles. The van der Waals surface area contributed by atoms with Gasteiger partial charge in [-0.05, 0) is 39.8 Å². The van der Waals surface area contributed by atoms with Gasteiger partial charge in [0.05, 0.1) is 24.7 Å². The SMILES string of the molecule is CCOC(=O)C1=C(C)N=C(C)[C@@H](C(=O)OCC)[C@@H]1c1ccc(-c2ccccc2)o1. The van der Waals surface area contributed by atoms with E-state index in [4.69, 9.17) is 13.9 Å². The van der Waals surface area contributed by atoms with Gasteiger partial charge in [-0.1, -0.05) is 30.3 Å². The molecule has 0 saturated carbocycles. The fraction of sp³-hybridized carbons (Fsp3) is 0.348. The molecule has 29 heavy (non-hydrogen) atoms. The Morgan fingerprint density at radius 1 is 1.00 bits per heavy atom. The summed E-state index contributed by atoms with van der Waals surface area (Å²) < 4.78 is 16.7. The number of aliphatic imine (C=N–C) groups is 1. The van der Waals surface area contributed by atoms with Crippen molar-refractivity contribution in [3.05, 3.63) is 59.5 Å². The lowest BCUT2D eigenvalue weighted by Crippen LogP contribution is -2.36. The van der Waals surface area contributed by atoms with E-state index in [2.05, 4.69) is 4.99 Å². The highest BCUT2D eigenvalue weighted by Crippen LogP contribution is 2.41. The van der Waals surface area contributed by atoms with Gasteiger partial charge in [0.2, 0.25) is 0 Å². The summed E-state index contributed by atoms with van der Waals surface area (Å²) in [6.45, 7) is 7.45. The predicted octanol–water partition coefficient (Wildman–Crippen LogP) is 4.52. The summed E-state index contributed by atoms with van der Waals surface area (Å²) in [5.41, 5.74) is 2.33. The van der Waals surface area contributed by atoms with Crippen molar-refractivity contribution in [1.82, 2.24) is 0 Å². The summed E-state index contributed by atoms with van der Waals surface area (Å²) in [5.74, 6) is -1.21. The molecule has 0 bridgehead atoms. The van der Waals surface area contributed by atoms with Crippen LogP contribution in [-0.4, -0.2) is 30.9 Å². The number of hydrogen-bond donors (Lipinski definition) is 0. The maximum Gasteiger partial charge on any atom is 0.336 e. The second-order valence-electron chi connectivity index (χ2n) is 6.75. The number of rotatable bonds is 6. The number of allylic oxidation sites excluding steroid dienone is 1. The smallest absolute Gasteiger partial charge is 0.336 e. The zero-order valence-electron chi connectivity index (χ0n) is 17.1. The molecule has 0 aliphatic carbocycles. The lowest BCUT2D eigenvalue weighted by Gasteiger charge is -2.29. The van der Waals surface area contributed by atoms with Crippen LogP contribution in [0.25, 0.3) is 11.3 Å². The first-order valence-electron chi connectivity index (χ1n) is 9.72. The van der Waals surface area contributed by atoms with Crippen molar-refractivity contribution >= 4 is 17.7 Å². The lowest BCUT2D eigenvalue weighted by molar-refractivity contribution is -0.146. The number of ether oxygens (including phenoxy) is 2. The highest BCUT2D eigenvalue weighted by molar-refractivity contribution is 6.06. The molecule has 1 aromatic heterocycles. The van der Waals surface area contributed by atoms with Gasteiger partial charge in [-0.25, -0.2) is 4.79 Å². The predicted molar refractivity (Wildman–Crippen MR) is 109 cm³/mol. The molecule has 6 heteroatoms. The van der Waals surface area contributed by atoms with Crippen molar-refractivity contribution in [2.45, 2.75) is 33.6 Å². The van der Waals surface area contributed by atoms with Crippen LogP contribution in [0.3, 0.4) is 0 Å². The van der Waals surface area contributed by atoms with Crippen molar-refractivity contribution in [2.75, 3.05) is 13.2 Å². The Kier molecular flexibility index (Phi) is 6.32. The number of furan rings is 1. The quantitative estimate of drug-likeness (QED) is 0.672. The van der Waals surface area contributed by atoms with Crippen LogP contribution in [0.1, 0.15) is 39.4 Å². The average Bonchev–Trinajstić information content (AvgIpc) is 3.18. The first-order valence-corrected chi connectivity index (χ1v) is 9.72. The Hall–Kier alpha value is -3.15. The van der Waals surface area contributed by atoms with Crippen LogP contribution < -0.4 is 0 Å². The second kappa shape index (κ2) is 8.90. The Labute approximate surface area is 170 Å². The first kappa shape index (κ1) is 20.6. The van der Waals surface area contributed by atoms with E-state index < -0.39 is 23.8 Å². The third-order valence-corrected chi connectivity index (χ3v) is 4.86. The van der Waals surface area contributed by atoms with Crippen molar-refractivity contribution in [1.29, 1.82) is 0 Å². The third-order valence-electron chi connectivity index (χ3n) is 4.86. The molecule has 0 spiro atoms. The van der Waals surface area contributed by atoms with E-state index >= 15 is 0 Å². The van der Waals surface area contributed by atoms with Crippen molar-refractivity contribution < 1.29 is 23.5 Å². The number of nitrogens with zero attached hydrogens (tertiary/aromatic N) is 1. The monoisotopic (exact) mass is 395 g/mol. The summed E-state index contributed by atoms with van der Waals surface area (Å²) in [6, 6.07) is 13.3. The molecule has 2 heterocycles. The fourth-order valence-corrected chi connectivity index (χ4v) is 3.63. The normalized spacial score (nSPS) is 19.0. The van der Waals surface area contributed by atoms with Crippen LogP contribution in [0.15, 0.2) is 63.1 Å². The Bertz CT molecular complexity index is 955. The Morgan fingerprint density at radius 2 is 1.69 bits per heavy atom. The van der Waals surface area contributed by atoms with Gasteiger partial charge in [0.1, 0.15) is 17.4 Å². The molecular weight excluding hydrogens is 370 g/mol. The summed E-state index contributed by atoms with van der Waals surface area (Å²) >= 11 is 0. The van der Waals surface area contributed by atoms with E-state index in [0.29, 0.717) is 28.5 Å². The molecule has 2 aromatic rings. The molecule has 3 rings (SSSR count). The Morgan fingerprint density at radius 3 is 2.34 bits per heavy atom. The van der Waals surface area contributed by atoms with Crippen molar-refractivity contribution in [3.63, 3.8) is 0 Å². The molecule has 2 atom stereocenters. The molecule has 0 fully saturated rings. The summed E-state index contributed by atoms with van der Waals surface area (Å²) in [5, 5.41) is 0. The fourth-order valence-electron chi connectivity index (χ4n) is 3.63. The first-order chi connectivity index (χ1) is 14.0. The van der Waals surface area contributed by atoms with Gasteiger partial charge in [0, 0.05) is 17.0 Å². The van der Waals surface area contributed by atoms with Gasteiger partial charge in [0.25, 0.3) is 0 Å². The standard InChI is InChI=1S/C23H25NO5/c1-5-27-22(25)19-14(3)24-15(4)20(23(26)28-6-2)21(19)18-13-12-17(29-18)16-10-8-7-9-11-16/h7-13,19,21H,5-6H2,1-4H3/t19-,21+/m1/s1. The van der Waals surface area contributed by atoms with Gasteiger partial charge in [-0.2, -0.15) is 0 Å². The van der Waals surface area contributed by atoms with Gasteiger partial charge in [0.15, 0.2) is 0 Å². The Balaban J connectivity index is 2.11. The summed E-state index contributed by atoms with van der Waals surface area (Å²) in [6.07, 6.45) is 0. The van der Waals surface area contributed by atoms with Crippen LogP contribution in [-0.2, 0) is 19.1 Å². The zero-order chi connectivity index (χ0) is 21.0. The number of hydrogen-bond acceptors (Lipinski definition) is 6. The largest absolute Gasteiger partial charge is 0.465 e. The van der Waals surface area contributed by atoms with Gasteiger partial charge < -0.3 is 13.9 Å². The highest BCUT2D eigenvalue weighted by atomic mass is 16.5. The maximum absolute atomic E-state index is 12.8. The number of carbonyl (C=O) groups is 2. The molecule has 6 nitrogen and oxygen atoms in total. The second-order valence-corrected chi connectivity index (χ2v) is 6.75. The van der Waals surface area contributed by atoms with Gasteiger partial charge in [-0.15, -0.1) is 0 Å². The van der Waals surface area contributed by atoms with E-state index in [-0.39, 0.29) is 13.2 Å². The van der Waals surface area contributed by atoms with Crippen LogP contribution in [0, 0.1) is 5.92 Å². The minimum absolute atomic E-state index is 0.225. The van der Waals surface area contributed by atoms with E-state index in [1.165, 1.54) is 0 Å². The topological polar surface area (TPSA) is 78.1 Å². The molecule has 0 N–H and O–H groups in total. The van der Waals surface area contributed by atoms with Crippen LogP contribution in [0.4, 0.5) is 0 Å². The van der Waals surface area contributed by atoms with E-state index in [0.717, 1.165) is 5.56 Å². The molecule has 1 aliphatic heterocycles. The minimum Gasteiger partial charge on any atom is -0.465 e. The minimum atomic E-state index is -0.757. The molecule has 152 valence electrons. The molecule has 0 saturated heterocycles. The molecule has 1 aliphatic rings. The molecular formula is C23H25NO5. The van der Waals surface area contributed by atoms with E-state index in [1.54, 1.807) is 33.8 Å². The molecule has 0 unspecified atom stereocenters. The third kappa shape index (κ3) is 4.16. The summed E-state index contributed by atoms with van der Waals surface area (Å²) in [7, 11) is 0. The number of esters is 2. The molecule has 0 radical (unpaired) electrons.